The molecule has 0 amide bonds. The third-order valence-corrected chi connectivity index (χ3v) is 4.46. The van der Waals surface area contributed by atoms with Crippen LogP contribution in [-0.4, -0.2) is 22.6 Å². The molecule has 2 rings (SSSR count). The van der Waals surface area contributed by atoms with Crippen LogP contribution in [0.15, 0.2) is 42.5 Å². The molecule has 0 spiro atoms. The van der Waals surface area contributed by atoms with Gasteiger partial charge in [-0.3, -0.25) is 4.90 Å². The number of hydrogen-bond donors (Lipinski definition) is 1. The highest BCUT2D eigenvalue weighted by atomic mass is 32.1. The predicted molar refractivity (Wildman–Crippen MR) is 86.0 cm³/mol. The molecule has 0 aliphatic carbocycles. The number of rotatable bonds is 6. The van der Waals surface area contributed by atoms with E-state index in [9.17, 15) is 5.11 Å². The molecule has 0 aliphatic heterocycles. The van der Waals surface area contributed by atoms with E-state index >= 15 is 0 Å². The first-order valence-corrected chi connectivity index (χ1v) is 7.90. The lowest BCUT2D eigenvalue weighted by atomic mass is 10.1. The van der Waals surface area contributed by atoms with Crippen molar-refractivity contribution in [3.05, 3.63) is 57.8 Å². The molecule has 1 unspecified atom stereocenters. The number of benzene rings is 1. The lowest BCUT2D eigenvalue weighted by molar-refractivity contribution is 0.0914. The topological polar surface area (TPSA) is 23.5 Å². The van der Waals surface area contributed by atoms with Crippen molar-refractivity contribution in [3.63, 3.8) is 0 Å². The monoisotopic (exact) mass is 289 g/mol. The Bertz CT molecular complexity index is 521. The van der Waals surface area contributed by atoms with Gasteiger partial charge in [0.2, 0.25) is 0 Å². The van der Waals surface area contributed by atoms with Crippen molar-refractivity contribution in [2.24, 2.45) is 0 Å². The summed E-state index contributed by atoms with van der Waals surface area (Å²) >= 11 is 1.83. The van der Waals surface area contributed by atoms with Gasteiger partial charge in [-0.1, -0.05) is 30.3 Å². The minimum absolute atomic E-state index is 0.413. The average Bonchev–Trinajstić information content (AvgIpc) is 2.84. The minimum atomic E-state index is -0.431. The van der Waals surface area contributed by atoms with E-state index in [-0.39, 0.29) is 0 Å². The van der Waals surface area contributed by atoms with Crippen molar-refractivity contribution in [2.45, 2.75) is 39.5 Å². The van der Waals surface area contributed by atoms with Gasteiger partial charge in [0, 0.05) is 28.9 Å². The number of aliphatic hydroxyl groups excluding tert-OH is 1. The minimum Gasteiger partial charge on any atom is -0.387 e. The quantitative estimate of drug-likeness (QED) is 0.869. The Morgan fingerprint density at radius 2 is 1.80 bits per heavy atom. The summed E-state index contributed by atoms with van der Waals surface area (Å²) in [5.74, 6) is 0. The molecule has 0 saturated carbocycles. The number of thiophene rings is 1. The van der Waals surface area contributed by atoms with Crippen LogP contribution in [0.5, 0.6) is 0 Å². The fourth-order valence-electron chi connectivity index (χ4n) is 2.23. The van der Waals surface area contributed by atoms with Gasteiger partial charge in [-0.05, 0) is 38.5 Å². The van der Waals surface area contributed by atoms with Crippen LogP contribution in [0.3, 0.4) is 0 Å². The molecule has 3 heteroatoms. The largest absolute Gasteiger partial charge is 0.387 e. The summed E-state index contributed by atoms with van der Waals surface area (Å²) in [7, 11) is 0. The fourth-order valence-corrected chi connectivity index (χ4v) is 3.15. The molecule has 0 fully saturated rings. The summed E-state index contributed by atoms with van der Waals surface area (Å²) in [6, 6.07) is 14.6. The summed E-state index contributed by atoms with van der Waals surface area (Å²) in [6.45, 7) is 8.06. The van der Waals surface area contributed by atoms with Crippen LogP contribution >= 0.6 is 11.3 Å². The van der Waals surface area contributed by atoms with E-state index in [0.717, 1.165) is 12.1 Å². The summed E-state index contributed by atoms with van der Waals surface area (Å²) in [4.78, 5) is 5.02. The molecule has 0 radical (unpaired) electrons. The highest BCUT2D eigenvalue weighted by Gasteiger charge is 2.17. The van der Waals surface area contributed by atoms with Crippen molar-refractivity contribution < 1.29 is 5.11 Å². The highest BCUT2D eigenvalue weighted by molar-refractivity contribution is 7.11. The first-order valence-electron chi connectivity index (χ1n) is 7.08. The van der Waals surface area contributed by atoms with Crippen LogP contribution in [0, 0.1) is 6.92 Å². The molecule has 2 nitrogen and oxygen atoms in total. The molecule has 1 aromatic carbocycles. The van der Waals surface area contributed by atoms with Gasteiger partial charge >= 0.3 is 0 Å². The molecule has 2 aromatic rings. The van der Waals surface area contributed by atoms with E-state index in [1.807, 2.05) is 41.7 Å². The van der Waals surface area contributed by atoms with Gasteiger partial charge in [-0.25, -0.2) is 0 Å². The molecule has 1 atom stereocenters. The average molecular weight is 289 g/mol. The van der Waals surface area contributed by atoms with E-state index in [1.165, 1.54) is 9.75 Å². The van der Waals surface area contributed by atoms with Crippen LogP contribution in [0.4, 0.5) is 0 Å². The molecule has 0 saturated heterocycles. The highest BCUT2D eigenvalue weighted by Crippen LogP contribution is 2.21. The molecule has 20 heavy (non-hydrogen) atoms. The molecule has 1 heterocycles. The maximum Gasteiger partial charge on any atom is 0.0917 e. The summed E-state index contributed by atoms with van der Waals surface area (Å²) < 4.78 is 0. The second kappa shape index (κ2) is 7.02. The second-order valence-electron chi connectivity index (χ2n) is 5.46. The number of aryl methyl sites for hydroxylation is 1. The predicted octanol–water partition coefficient (Wildman–Crippen LogP) is 4.00. The molecule has 1 aromatic heterocycles. The third kappa shape index (κ3) is 4.17. The molecular formula is C17H23NOS. The van der Waals surface area contributed by atoms with Crippen molar-refractivity contribution in [3.8, 4) is 0 Å². The van der Waals surface area contributed by atoms with Crippen LogP contribution < -0.4 is 0 Å². The van der Waals surface area contributed by atoms with E-state index in [4.69, 9.17) is 0 Å². The van der Waals surface area contributed by atoms with E-state index in [0.29, 0.717) is 12.6 Å². The Balaban J connectivity index is 2.02. The lowest BCUT2D eigenvalue weighted by Crippen LogP contribution is -2.34. The Morgan fingerprint density at radius 1 is 1.10 bits per heavy atom. The van der Waals surface area contributed by atoms with Crippen LogP contribution in [0.2, 0.25) is 0 Å². The standard InChI is InChI=1S/C17H23NOS/c1-13(2)18(11-16-10-9-14(3)20-16)12-17(19)15-7-5-4-6-8-15/h4-10,13,17,19H,11-12H2,1-3H3. The van der Waals surface area contributed by atoms with Gasteiger partial charge in [0.25, 0.3) is 0 Å². The van der Waals surface area contributed by atoms with Crippen molar-refractivity contribution in [1.29, 1.82) is 0 Å². The summed E-state index contributed by atoms with van der Waals surface area (Å²) in [5.41, 5.74) is 0.987. The zero-order valence-electron chi connectivity index (χ0n) is 12.4. The van der Waals surface area contributed by atoms with Gasteiger partial charge in [-0.15, -0.1) is 11.3 Å². The van der Waals surface area contributed by atoms with Gasteiger partial charge in [0.15, 0.2) is 0 Å². The molecule has 108 valence electrons. The van der Waals surface area contributed by atoms with E-state index in [2.05, 4.69) is 37.8 Å². The van der Waals surface area contributed by atoms with E-state index < -0.39 is 6.10 Å². The van der Waals surface area contributed by atoms with E-state index in [1.54, 1.807) is 0 Å². The van der Waals surface area contributed by atoms with Crippen LogP contribution in [0.1, 0.15) is 35.3 Å². The lowest BCUT2D eigenvalue weighted by Gasteiger charge is -2.28. The second-order valence-corrected chi connectivity index (χ2v) is 6.83. The molecular weight excluding hydrogens is 266 g/mol. The first kappa shape index (κ1) is 15.2. The first-order chi connectivity index (χ1) is 9.56. The maximum absolute atomic E-state index is 10.4. The van der Waals surface area contributed by atoms with Gasteiger partial charge < -0.3 is 5.11 Å². The zero-order valence-corrected chi connectivity index (χ0v) is 13.2. The Morgan fingerprint density at radius 3 is 2.35 bits per heavy atom. The van der Waals surface area contributed by atoms with Crippen LogP contribution in [-0.2, 0) is 6.54 Å². The number of hydrogen-bond acceptors (Lipinski definition) is 3. The van der Waals surface area contributed by atoms with Gasteiger partial charge in [0.1, 0.15) is 0 Å². The fraction of sp³-hybridized carbons (Fsp3) is 0.412. The van der Waals surface area contributed by atoms with Crippen molar-refractivity contribution in [2.75, 3.05) is 6.54 Å². The molecule has 1 N–H and O–H groups in total. The van der Waals surface area contributed by atoms with Crippen molar-refractivity contribution in [1.82, 2.24) is 4.90 Å². The van der Waals surface area contributed by atoms with Crippen LogP contribution in [0.25, 0.3) is 0 Å². The Labute approximate surface area is 125 Å². The molecule has 0 bridgehead atoms. The Kier molecular flexibility index (Phi) is 5.35. The van der Waals surface area contributed by atoms with Gasteiger partial charge in [0.05, 0.1) is 6.10 Å². The number of nitrogens with zero attached hydrogens (tertiary/aromatic N) is 1. The van der Waals surface area contributed by atoms with Crippen molar-refractivity contribution >= 4 is 11.3 Å². The summed E-state index contributed by atoms with van der Waals surface area (Å²) in [6.07, 6.45) is -0.431. The zero-order chi connectivity index (χ0) is 14.5. The SMILES string of the molecule is Cc1ccc(CN(CC(O)c2ccccc2)C(C)C)s1. The summed E-state index contributed by atoms with van der Waals surface area (Å²) in [5, 5.41) is 10.4. The number of aliphatic hydroxyl groups is 1. The normalized spacial score (nSPS) is 13.1. The maximum atomic E-state index is 10.4. The smallest absolute Gasteiger partial charge is 0.0917 e. The van der Waals surface area contributed by atoms with Gasteiger partial charge in [-0.2, -0.15) is 0 Å². The Hall–Kier alpha value is -1.16. The molecule has 0 aliphatic rings. The third-order valence-electron chi connectivity index (χ3n) is 3.48.